The summed E-state index contributed by atoms with van der Waals surface area (Å²) in [6.07, 6.45) is 2.82. The predicted molar refractivity (Wildman–Crippen MR) is 95.2 cm³/mol. The Morgan fingerprint density at radius 2 is 1.92 bits per heavy atom. The number of esters is 1. The molecule has 0 aromatic heterocycles. The molecular formula is C18H13Cl2NO4. The van der Waals surface area contributed by atoms with Crippen LogP contribution >= 0.6 is 23.2 Å². The molecule has 0 radical (unpaired) electrons. The fourth-order valence-electron chi connectivity index (χ4n) is 1.88. The minimum absolute atomic E-state index is 0.0836. The van der Waals surface area contributed by atoms with Crippen molar-refractivity contribution < 1.29 is 19.0 Å². The highest BCUT2D eigenvalue weighted by Crippen LogP contribution is 2.29. The van der Waals surface area contributed by atoms with E-state index in [0.717, 1.165) is 0 Å². The molecule has 25 heavy (non-hydrogen) atoms. The Kier molecular flexibility index (Phi) is 6.70. The number of carbonyl (C=O) groups is 1. The van der Waals surface area contributed by atoms with Crippen LogP contribution in [-0.2, 0) is 4.79 Å². The van der Waals surface area contributed by atoms with E-state index >= 15 is 0 Å². The van der Waals surface area contributed by atoms with Crippen LogP contribution in [0.15, 0.2) is 42.5 Å². The second-order valence-corrected chi connectivity index (χ2v) is 5.53. The van der Waals surface area contributed by atoms with Crippen LogP contribution in [0.1, 0.15) is 5.56 Å². The number of nitrogens with zero attached hydrogens (tertiary/aromatic N) is 1. The summed E-state index contributed by atoms with van der Waals surface area (Å²) in [5.41, 5.74) is 0.695. The van der Waals surface area contributed by atoms with E-state index in [0.29, 0.717) is 22.1 Å². The molecule has 2 aromatic carbocycles. The summed E-state index contributed by atoms with van der Waals surface area (Å²) in [5.74, 6) is 0.523. The molecular weight excluding hydrogens is 365 g/mol. The molecule has 0 spiro atoms. The van der Waals surface area contributed by atoms with Gasteiger partial charge in [-0.05, 0) is 42.0 Å². The van der Waals surface area contributed by atoms with Gasteiger partial charge < -0.3 is 14.2 Å². The third-order valence-corrected chi connectivity index (χ3v) is 3.53. The topological polar surface area (TPSA) is 68.6 Å². The fraction of sp³-hybridized carbons (Fsp3) is 0.111. The van der Waals surface area contributed by atoms with Crippen molar-refractivity contribution in [2.75, 3.05) is 13.7 Å². The van der Waals surface area contributed by atoms with Crippen LogP contribution in [0.3, 0.4) is 0 Å². The Labute approximate surface area is 154 Å². The first kappa shape index (κ1) is 18.7. The monoisotopic (exact) mass is 377 g/mol. The van der Waals surface area contributed by atoms with Gasteiger partial charge in [0.15, 0.2) is 18.1 Å². The van der Waals surface area contributed by atoms with Crippen LogP contribution in [0.2, 0.25) is 10.0 Å². The highest BCUT2D eigenvalue weighted by atomic mass is 35.5. The number of methoxy groups -OCH3 is 1. The lowest BCUT2D eigenvalue weighted by Gasteiger charge is -2.08. The molecule has 0 saturated carbocycles. The third kappa shape index (κ3) is 5.42. The maximum absolute atomic E-state index is 11.9. The number of hydrogen-bond acceptors (Lipinski definition) is 5. The molecule has 2 aromatic rings. The average molecular weight is 378 g/mol. The van der Waals surface area contributed by atoms with E-state index in [1.165, 1.54) is 25.3 Å². The van der Waals surface area contributed by atoms with Crippen molar-refractivity contribution in [3.05, 3.63) is 58.1 Å². The zero-order valence-corrected chi connectivity index (χ0v) is 14.7. The van der Waals surface area contributed by atoms with E-state index in [2.05, 4.69) is 0 Å². The van der Waals surface area contributed by atoms with Gasteiger partial charge in [0, 0.05) is 11.1 Å². The maximum Gasteiger partial charge on any atom is 0.336 e. The molecule has 128 valence electrons. The molecule has 0 saturated heterocycles. The normalized spacial score (nSPS) is 10.3. The average Bonchev–Trinajstić information content (AvgIpc) is 2.60. The first-order chi connectivity index (χ1) is 12.0. The van der Waals surface area contributed by atoms with E-state index in [-0.39, 0.29) is 17.4 Å². The van der Waals surface area contributed by atoms with E-state index in [9.17, 15) is 4.79 Å². The van der Waals surface area contributed by atoms with Crippen LogP contribution in [-0.4, -0.2) is 19.7 Å². The number of rotatable bonds is 6. The van der Waals surface area contributed by atoms with Crippen LogP contribution in [0.4, 0.5) is 0 Å². The zero-order chi connectivity index (χ0) is 18.2. The second-order valence-electron chi connectivity index (χ2n) is 4.69. The van der Waals surface area contributed by atoms with Gasteiger partial charge in [0.1, 0.15) is 11.8 Å². The first-order valence-electron chi connectivity index (χ1n) is 7.06. The molecule has 0 unspecified atom stereocenters. The van der Waals surface area contributed by atoms with E-state index in [4.69, 9.17) is 42.7 Å². The Balaban J connectivity index is 2.07. The minimum atomic E-state index is -0.590. The molecule has 0 amide bonds. The number of halogens is 2. The van der Waals surface area contributed by atoms with Crippen molar-refractivity contribution in [2.45, 2.75) is 0 Å². The Bertz CT molecular complexity index is 843. The van der Waals surface area contributed by atoms with Gasteiger partial charge in [-0.3, -0.25) is 0 Å². The van der Waals surface area contributed by atoms with Crippen LogP contribution in [0.5, 0.6) is 17.2 Å². The zero-order valence-electron chi connectivity index (χ0n) is 13.2. The molecule has 0 heterocycles. The van der Waals surface area contributed by atoms with Gasteiger partial charge in [-0.2, -0.15) is 5.26 Å². The van der Waals surface area contributed by atoms with Gasteiger partial charge >= 0.3 is 5.97 Å². The Morgan fingerprint density at radius 1 is 1.16 bits per heavy atom. The highest BCUT2D eigenvalue weighted by Gasteiger charge is 2.07. The molecule has 0 aliphatic carbocycles. The molecule has 0 aliphatic rings. The van der Waals surface area contributed by atoms with Crippen LogP contribution in [0, 0.1) is 11.3 Å². The number of benzene rings is 2. The van der Waals surface area contributed by atoms with Crippen molar-refractivity contribution in [1.29, 1.82) is 5.26 Å². The predicted octanol–water partition coefficient (Wildman–Crippen LogP) is 4.52. The van der Waals surface area contributed by atoms with Gasteiger partial charge in [0.05, 0.1) is 12.1 Å². The van der Waals surface area contributed by atoms with E-state index < -0.39 is 5.97 Å². The third-order valence-electron chi connectivity index (χ3n) is 3.00. The minimum Gasteiger partial charge on any atom is -0.493 e. The van der Waals surface area contributed by atoms with Crippen molar-refractivity contribution >= 4 is 35.2 Å². The molecule has 0 bridgehead atoms. The van der Waals surface area contributed by atoms with Gasteiger partial charge in [-0.15, -0.1) is 0 Å². The summed E-state index contributed by atoms with van der Waals surface area (Å²) in [4.78, 5) is 11.9. The molecule has 0 atom stereocenters. The largest absolute Gasteiger partial charge is 0.493 e. The molecule has 0 fully saturated rings. The van der Waals surface area contributed by atoms with Crippen molar-refractivity contribution in [1.82, 2.24) is 0 Å². The van der Waals surface area contributed by atoms with E-state index in [1.807, 2.05) is 6.07 Å². The number of nitriles is 1. The van der Waals surface area contributed by atoms with E-state index in [1.54, 1.807) is 30.3 Å². The van der Waals surface area contributed by atoms with Crippen molar-refractivity contribution in [3.63, 3.8) is 0 Å². The lowest BCUT2D eigenvalue weighted by molar-refractivity contribution is -0.128. The molecule has 5 nitrogen and oxygen atoms in total. The lowest BCUT2D eigenvalue weighted by Crippen LogP contribution is -2.04. The molecule has 0 N–H and O–H groups in total. The van der Waals surface area contributed by atoms with Gasteiger partial charge in [0.2, 0.25) is 0 Å². The summed E-state index contributed by atoms with van der Waals surface area (Å²) in [6.45, 7) is -0.0836. The fourth-order valence-corrected chi connectivity index (χ4v) is 2.33. The summed E-state index contributed by atoms with van der Waals surface area (Å²) >= 11 is 11.7. The van der Waals surface area contributed by atoms with Gasteiger partial charge in [-0.25, -0.2) is 4.79 Å². The van der Waals surface area contributed by atoms with Gasteiger partial charge in [0.25, 0.3) is 0 Å². The number of hydrogen-bond donors (Lipinski definition) is 0. The second kappa shape index (κ2) is 8.97. The number of carbonyl (C=O) groups excluding carboxylic acids is 1. The first-order valence-corrected chi connectivity index (χ1v) is 7.82. The number of ether oxygens (including phenoxy) is 3. The van der Waals surface area contributed by atoms with Crippen molar-refractivity contribution in [2.24, 2.45) is 0 Å². The summed E-state index contributed by atoms with van der Waals surface area (Å²) in [5, 5.41) is 9.25. The lowest BCUT2D eigenvalue weighted by atomic mass is 10.2. The molecule has 7 heteroatoms. The molecule has 0 aliphatic heterocycles. The van der Waals surface area contributed by atoms with Crippen molar-refractivity contribution in [3.8, 4) is 23.3 Å². The van der Waals surface area contributed by atoms with Crippen LogP contribution < -0.4 is 14.2 Å². The maximum atomic E-state index is 11.9. The Morgan fingerprint density at radius 3 is 2.60 bits per heavy atom. The quantitative estimate of drug-likeness (QED) is 0.420. The smallest absolute Gasteiger partial charge is 0.336 e. The molecule has 2 rings (SSSR count). The summed E-state index contributed by atoms with van der Waals surface area (Å²) in [7, 11) is 1.48. The van der Waals surface area contributed by atoms with Crippen LogP contribution in [0.25, 0.3) is 6.08 Å². The standard InChI is InChI=1S/C18H13Cl2NO4/c1-23-17-10-12(2-5-16(17)24-9-8-21)3-7-18(22)25-15-6-4-13(19)11-14(15)20/h2-7,10-11H,9H2,1H3/b7-3+. The Hall–Kier alpha value is -2.68. The summed E-state index contributed by atoms with van der Waals surface area (Å²) < 4.78 is 15.6. The summed E-state index contributed by atoms with van der Waals surface area (Å²) in [6, 6.07) is 11.5. The van der Waals surface area contributed by atoms with Gasteiger partial charge in [-0.1, -0.05) is 29.3 Å². The highest BCUT2D eigenvalue weighted by molar-refractivity contribution is 6.35. The SMILES string of the molecule is COc1cc(/C=C/C(=O)Oc2ccc(Cl)cc2Cl)ccc1OCC#N.